The molecule has 0 unspecified atom stereocenters. The number of pyridine rings is 2. The van der Waals surface area contributed by atoms with Crippen molar-refractivity contribution in [1.82, 2.24) is 20.2 Å². The molecule has 2 N–H and O–H groups in total. The number of piperazine rings is 1. The van der Waals surface area contributed by atoms with Crippen molar-refractivity contribution in [2.75, 3.05) is 49.5 Å². The molecule has 0 bridgehead atoms. The maximum absolute atomic E-state index is 12.7. The standard InChI is InChI=1S/C28H28N6OS/c1-4-19-14-18(15-24(31-19)34-12-10-33(5-2)11-13-34)21-7-6-20-22(32-21)8-9-23-25(20)26-27(36-23)28(35)30-17(3)16-29-26/h1,6-9,14-15,17,29H,5,10-13,16H2,2-3H3,(H,30,35)/t17-/m1/s1. The number of fused-ring (bicyclic) bond motifs is 5. The molecule has 36 heavy (non-hydrogen) atoms. The Hall–Kier alpha value is -3.67. The van der Waals surface area contributed by atoms with Gasteiger partial charge in [-0.1, -0.05) is 12.8 Å². The number of thiophene rings is 1. The summed E-state index contributed by atoms with van der Waals surface area (Å²) in [5, 5.41) is 8.64. The van der Waals surface area contributed by atoms with E-state index in [4.69, 9.17) is 16.4 Å². The molecule has 0 saturated carbocycles. The lowest BCUT2D eigenvalue weighted by atomic mass is 10.1. The maximum Gasteiger partial charge on any atom is 0.263 e. The van der Waals surface area contributed by atoms with E-state index in [0.717, 1.165) is 81.4 Å². The summed E-state index contributed by atoms with van der Waals surface area (Å²) in [6.07, 6.45) is 5.78. The highest BCUT2D eigenvalue weighted by Gasteiger charge is 2.25. The lowest BCUT2D eigenvalue weighted by molar-refractivity contribution is 0.0949. The molecule has 2 aliphatic heterocycles. The number of aromatic nitrogens is 2. The van der Waals surface area contributed by atoms with E-state index in [1.54, 1.807) is 0 Å². The van der Waals surface area contributed by atoms with Crippen molar-refractivity contribution < 1.29 is 4.79 Å². The van der Waals surface area contributed by atoms with Gasteiger partial charge in [-0.05, 0) is 49.9 Å². The Balaban J connectivity index is 1.42. The topological polar surface area (TPSA) is 73.4 Å². The van der Waals surface area contributed by atoms with Gasteiger partial charge in [0.2, 0.25) is 0 Å². The molecule has 3 aromatic heterocycles. The molecule has 8 heteroatoms. The molecular formula is C28H28N6OS. The highest BCUT2D eigenvalue weighted by atomic mass is 32.1. The fourth-order valence-electron chi connectivity index (χ4n) is 5.08. The molecule has 0 aliphatic carbocycles. The van der Waals surface area contributed by atoms with Crippen molar-refractivity contribution in [3.05, 3.63) is 47.0 Å². The Bertz CT molecular complexity index is 1530. The summed E-state index contributed by atoms with van der Waals surface area (Å²) in [5.74, 6) is 3.60. The number of hydrogen-bond donors (Lipinski definition) is 2. The van der Waals surface area contributed by atoms with Gasteiger partial charge in [0, 0.05) is 59.8 Å². The number of rotatable bonds is 3. The summed E-state index contributed by atoms with van der Waals surface area (Å²) < 4.78 is 1.08. The van der Waals surface area contributed by atoms with E-state index < -0.39 is 0 Å². The number of likely N-dealkylation sites (N-methyl/N-ethyl adjacent to an activating group) is 1. The van der Waals surface area contributed by atoms with Crippen LogP contribution >= 0.6 is 11.3 Å². The third-order valence-corrected chi connectivity index (χ3v) is 8.24. The predicted molar refractivity (Wildman–Crippen MR) is 148 cm³/mol. The van der Waals surface area contributed by atoms with Crippen LogP contribution in [0.25, 0.3) is 32.2 Å². The van der Waals surface area contributed by atoms with Crippen LogP contribution < -0.4 is 15.5 Å². The first-order valence-corrected chi connectivity index (χ1v) is 13.2. The minimum absolute atomic E-state index is 0.0210. The second-order valence-electron chi connectivity index (χ2n) is 9.43. The van der Waals surface area contributed by atoms with Crippen molar-refractivity contribution >= 4 is 49.7 Å². The van der Waals surface area contributed by atoms with Crippen LogP contribution in [0.2, 0.25) is 0 Å². The molecule has 0 spiro atoms. The number of carbonyl (C=O) groups is 1. The van der Waals surface area contributed by atoms with Crippen LogP contribution in [0.15, 0.2) is 36.4 Å². The molecular weight excluding hydrogens is 468 g/mol. The molecule has 1 amide bonds. The van der Waals surface area contributed by atoms with Crippen molar-refractivity contribution in [1.29, 1.82) is 0 Å². The molecule has 2 aliphatic rings. The first-order chi connectivity index (χ1) is 17.5. The first-order valence-electron chi connectivity index (χ1n) is 12.4. The number of hydrogen-bond acceptors (Lipinski definition) is 7. The highest BCUT2D eigenvalue weighted by molar-refractivity contribution is 7.21. The molecule has 5 heterocycles. The SMILES string of the molecule is C#Cc1cc(-c2ccc3c(ccc4sc5c(c43)NC[C@@H](C)NC5=O)n2)cc(N2CCN(CC)CC2)n1. The van der Waals surface area contributed by atoms with Crippen LogP contribution in [0.3, 0.4) is 0 Å². The maximum atomic E-state index is 12.7. The zero-order valence-corrected chi connectivity index (χ0v) is 21.3. The average molecular weight is 497 g/mol. The van der Waals surface area contributed by atoms with Gasteiger partial charge >= 0.3 is 0 Å². The zero-order chi connectivity index (χ0) is 24.8. The number of terminal acetylenes is 1. The van der Waals surface area contributed by atoms with E-state index in [1.807, 2.05) is 25.1 Å². The van der Waals surface area contributed by atoms with E-state index in [0.29, 0.717) is 12.2 Å². The molecule has 7 nitrogen and oxygen atoms in total. The minimum atomic E-state index is -0.0210. The number of carbonyl (C=O) groups excluding carboxylic acids is 1. The van der Waals surface area contributed by atoms with Gasteiger partial charge in [0.1, 0.15) is 16.4 Å². The van der Waals surface area contributed by atoms with Gasteiger partial charge in [-0.3, -0.25) is 4.79 Å². The smallest absolute Gasteiger partial charge is 0.263 e. The fourth-order valence-corrected chi connectivity index (χ4v) is 6.18. The molecule has 1 fully saturated rings. The van der Waals surface area contributed by atoms with Gasteiger partial charge in [-0.25, -0.2) is 9.97 Å². The summed E-state index contributed by atoms with van der Waals surface area (Å²) in [6, 6.07) is 12.3. The van der Waals surface area contributed by atoms with E-state index >= 15 is 0 Å². The number of nitrogens with zero attached hydrogens (tertiary/aromatic N) is 4. The Morgan fingerprint density at radius 1 is 1.14 bits per heavy atom. The third kappa shape index (κ3) is 3.94. The number of benzene rings is 1. The van der Waals surface area contributed by atoms with Crippen LogP contribution in [0, 0.1) is 12.3 Å². The molecule has 182 valence electrons. The molecule has 1 atom stereocenters. The van der Waals surface area contributed by atoms with Crippen LogP contribution in [0.4, 0.5) is 11.5 Å². The van der Waals surface area contributed by atoms with Gasteiger partial charge in [0.25, 0.3) is 5.91 Å². The van der Waals surface area contributed by atoms with Crippen molar-refractivity contribution in [3.63, 3.8) is 0 Å². The minimum Gasteiger partial charge on any atom is -0.381 e. The quantitative estimate of drug-likeness (QED) is 0.415. The summed E-state index contributed by atoms with van der Waals surface area (Å²) in [7, 11) is 0. The molecule has 1 saturated heterocycles. The molecule has 0 radical (unpaired) electrons. The van der Waals surface area contributed by atoms with Crippen molar-refractivity contribution in [3.8, 4) is 23.6 Å². The lowest BCUT2D eigenvalue weighted by Gasteiger charge is -2.35. The summed E-state index contributed by atoms with van der Waals surface area (Å²) >= 11 is 1.52. The normalized spacial score (nSPS) is 18.4. The fraction of sp³-hybridized carbons (Fsp3) is 0.321. The monoisotopic (exact) mass is 496 g/mol. The Morgan fingerprint density at radius 2 is 1.97 bits per heavy atom. The Kier molecular flexibility index (Phi) is 5.75. The lowest BCUT2D eigenvalue weighted by Crippen LogP contribution is -2.46. The van der Waals surface area contributed by atoms with Crippen LogP contribution in [0.1, 0.15) is 29.2 Å². The summed E-state index contributed by atoms with van der Waals surface area (Å²) in [4.78, 5) is 27.9. The third-order valence-electron chi connectivity index (χ3n) is 7.09. The van der Waals surface area contributed by atoms with Crippen molar-refractivity contribution in [2.24, 2.45) is 0 Å². The van der Waals surface area contributed by atoms with Gasteiger partial charge < -0.3 is 20.4 Å². The van der Waals surface area contributed by atoms with Crippen LogP contribution in [-0.2, 0) is 0 Å². The van der Waals surface area contributed by atoms with Gasteiger partial charge in [0.05, 0.1) is 16.9 Å². The second kappa shape index (κ2) is 9.08. The van der Waals surface area contributed by atoms with Crippen LogP contribution in [0.5, 0.6) is 0 Å². The predicted octanol–water partition coefficient (Wildman–Crippen LogP) is 4.18. The molecule has 6 rings (SSSR count). The summed E-state index contributed by atoms with van der Waals surface area (Å²) in [5.41, 5.74) is 4.23. The molecule has 1 aromatic carbocycles. The van der Waals surface area contributed by atoms with Crippen molar-refractivity contribution in [2.45, 2.75) is 19.9 Å². The Morgan fingerprint density at radius 3 is 2.75 bits per heavy atom. The molecule has 4 aromatic rings. The van der Waals surface area contributed by atoms with E-state index in [9.17, 15) is 4.79 Å². The van der Waals surface area contributed by atoms with Crippen LogP contribution in [-0.4, -0.2) is 66.1 Å². The zero-order valence-electron chi connectivity index (χ0n) is 20.5. The number of anilines is 2. The largest absolute Gasteiger partial charge is 0.381 e. The first kappa shape index (κ1) is 22.8. The van der Waals surface area contributed by atoms with E-state index in [2.05, 4.69) is 51.5 Å². The second-order valence-corrected chi connectivity index (χ2v) is 10.5. The Labute approximate surface area is 214 Å². The number of nitrogens with one attached hydrogen (secondary N) is 2. The van der Waals surface area contributed by atoms with E-state index in [-0.39, 0.29) is 11.9 Å². The number of amides is 1. The summed E-state index contributed by atoms with van der Waals surface area (Å²) in [6.45, 7) is 9.86. The highest BCUT2D eigenvalue weighted by Crippen LogP contribution is 2.41. The van der Waals surface area contributed by atoms with Gasteiger partial charge in [0.15, 0.2) is 0 Å². The van der Waals surface area contributed by atoms with Gasteiger partial charge in [-0.15, -0.1) is 17.8 Å². The van der Waals surface area contributed by atoms with Gasteiger partial charge in [-0.2, -0.15) is 0 Å². The van der Waals surface area contributed by atoms with E-state index in [1.165, 1.54) is 11.3 Å². The average Bonchev–Trinajstić information content (AvgIpc) is 3.24.